The van der Waals surface area contributed by atoms with E-state index in [1.54, 1.807) is 0 Å². The summed E-state index contributed by atoms with van der Waals surface area (Å²) in [5.41, 5.74) is 17.0. The molecular weight excluding hydrogens is 2190 g/mol. The molecule has 0 aromatic carbocycles. The number of nitrogens with one attached hydrogen (secondary N) is 3. The number of aromatic nitrogens is 16. The number of methoxy groups -OCH3 is 5. The molecule has 6 fully saturated rings. The molecule has 0 aliphatic carbocycles. The van der Waals surface area contributed by atoms with Crippen molar-refractivity contribution in [3.8, 4) is 0 Å². The molecule has 74 heteroatoms. The van der Waals surface area contributed by atoms with Crippen molar-refractivity contribution in [3.63, 3.8) is 0 Å². The van der Waals surface area contributed by atoms with Crippen LogP contribution in [-0.4, -0.2) is 334 Å². The fourth-order valence-corrected chi connectivity index (χ4v) is 23.2. The third-order valence-electron chi connectivity index (χ3n) is 23.7. The van der Waals surface area contributed by atoms with Crippen molar-refractivity contribution in [2.75, 3.05) is 171 Å². The van der Waals surface area contributed by atoms with Gasteiger partial charge >= 0.3 is 22.8 Å². The number of aryl methyl sites for hydroxylation is 4. The second-order valence-corrected chi connectivity index (χ2v) is 46.0. The zero-order chi connectivity index (χ0) is 109. The molecule has 29 atom stereocenters. The van der Waals surface area contributed by atoms with E-state index in [4.69, 9.17) is 189 Å². The quantitative estimate of drug-likeness (QED) is 0.0100. The highest BCUT2D eigenvalue weighted by molar-refractivity contribution is 8.32. The van der Waals surface area contributed by atoms with E-state index in [2.05, 4.69) is 49.8 Å². The SMILES string of the molecule is COCCOC1[C@@H](OP(=O)([O-])OC[C@H]2O[C@@H](n3cnc4c(N)ncnc43)C(OCCOC)[C@H]2OP(=O)([S-])OC[C@H]2O[C@@H](n3cc(C)c(=O)[nH]c3=O)C[C@H]2OP([O-])(=S)OC)[C@@H](COP(=O)([O-])O[C@@H]2C(OCCOC)[C@H](n3cnc4c(=O)[nH]c(N)nc43)O[C@@H]2COP(=O)([O-])O[C@@H]2C(OCCOC)[C@H](n3cc(C)c(=O)[nH]c3=O)O[C@@H]2COP([O-])(=S)O[C@@H]2C(OCCOC)[C@H](n3cc(C)c(N)nc3=O)O[C@@H]2CO)O[C@H]1n1cc(C)c(N)nc1=O. The van der Waals surface area contributed by atoms with Crippen LogP contribution in [0.15, 0.2) is 77.3 Å². The number of nitrogens with two attached hydrogens (primary N) is 4. The van der Waals surface area contributed by atoms with Gasteiger partial charge in [0.2, 0.25) is 5.95 Å². The van der Waals surface area contributed by atoms with Crippen LogP contribution in [0.25, 0.3) is 22.3 Å². The predicted molar refractivity (Wildman–Crippen MR) is 505 cm³/mol. The number of fused-ring (bicyclic) bond motifs is 2. The molecule has 6 aliphatic rings. The van der Waals surface area contributed by atoms with Crippen LogP contribution >= 0.6 is 43.7 Å². The first-order chi connectivity index (χ1) is 71.1. The van der Waals surface area contributed by atoms with Crippen molar-refractivity contribution in [1.82, 2.24) is 77.2 Å². The molecule has 150 heavy (non-hydrogen) atoms. The summed E-state index contributed by atoms with van der Waals surface area (Å²) in [6, 6.07) is 0. The summed E-state index contributed by atoms with van der Waals surface area (Å²) in [5, 5.41) is 10.7. The predicted octanol–water partition coefficient (Wildman–Crippen LogP) is -5.67. The number of aromatic amines is 3. The summed E-state index contributed by atoms with van der Waals surface area (Å²) in [4.78, 5) is 202. The van der Waals surface area contributed by atoms with Crippen molar-refractivity contribution in [1.29, 1.82) is 0 Å². The minimum atomic E-state index is -6.34. The third kappa shape index (κ3) is 28.3. The van der Waals surface area contributed by atoms with E-state index < -0.39 is 295 Å². The molecule has 14 rings (SSSR count). The van der Waals surface area contributed by atoms with Crippen LogP contribution < -0.4 is 86.8 Å². The number of anilines is 4. The van der Waals surface area contributed by atoms with Crippen molar-refractivity contribution in [2.45, 2.75) is 175 Å². The topological polar surface area (TPSA) is 853 Å². The molecule has 0 spiro atoms. The van der Waals surface area contributed by atoms with Crippen LogP contribution in [0.5, 0.6) is 0 Å². The molecular formula is C76H106N20O45P6S3-6. The van der Waals surface area contributed by atoms with Gasteiger partial charge in [-0.05, 0) is 27.7 Å². The van der Waals surface area contributed by atoms with Gasteiger partial charge in [0.05, 0.1) is 124 Å². The number of ether oxygens (including phenoxy) is 16. The second kappa shape index (κ2) is 50.7. The lowest BCUT2D eigenvalue weighted by Gasteiger charge is -2.36. The van der Waals surface area contributed by atoms with Gasteiger partial charge in [0.15, 0.2) is 60.6 Å². The fourth-order valence-electron chi connectivity index (χ4n) is 16.5. The Balaban J connectivity index is 0.770. The summed E-state index contributed by atoms with van der Waals surface area (Å²) in [5.74, 6) is -1.09. The molecule has 65 nitrogen and oxygen atoms in total. The molecule has 0 bridgehead atoms. The maximum Gasteiger partial charge on any atom is 0.351 e. The molecule has 0 radical (unpaired) electrons. The Morgan fingerprint density at radius 3 is 1.21 bits per heavy atom. The Morgan fingerprint density at radius 2 is 0.773 bits per heavy atom. The highest BCUT2D eigenvalue weighted by atomic mass is 32.7. The van der Waals surface area contributed by atoms with Crippen LogP contribution in [0.1, 0.15) is 66.0 Å². The number of hydrogen-bond donors (Lipinski definition) is 8. The van der Waals surface area contributed by atoms with Gasteiger partial charge in [-0.15, -0.1) is 0 Å². The zero-order valence-corrected chi connectivity index (χ0v) is 88.6. The molecule has 834 valence electrons. The van der Waals surface area contributed by atoms with E-state index in [0.29, 0.717) is 5.56 Å². The van der Waals surface area contributed by atoms with Gasteiger partial charge in [-0.1, -0.05) is 23.6 Å². The maximum absolute atomic E-state index is 15.3. The molecule has 0 saturated carbocycles. The monoisotopic (exact) mass is 2300 g/mol. The van der Waals surface area contributed by atoms with E-state index in [1.807, 2.05) is 0 Å². The minimum absolute atomic E-state index is 0.00164. The summed E-state index contributed by atoms with van der Waals surface area (Å²) in [7, 11) is -11.4. The van der Waals surface area contributed by atoms with Gasteiger partial charge in [-0.3, -0.25) is 75.0 Å². The highest BCUT2D eigenvalue weighted by Crippen LogP contribution is 2.57. The largest absolute Gasteiger partial charge is 0.780 e. The Hall–Kier alpha value is -7.57. The number of aliphatic hydroxyl groups excluding tert-OH is 1. The van der Waals surface area contributed by atoms with Crippen molar-refractivity contribution >= 4 is 125 Å². The van der Waals surface area contributed by atoms with Crippen molar-refractivity contribution in [3.05, 3.63) is 139 Å². The maximum atomic E-state index is 15.3. The summed E-state index contributed by atoms with van der Waals surface area (Å²) in [6.45, 7) is -19.3. The molecule has 11 unspecified atom stereocenters. The molecule has 6 aliphatic heterocycles. The van der Waals surface area contributed by atoms with Crippen molar-refractivity contribution in [2.24, 2.45) is 0 Å². The molecule has 0 amide bonds. The Bertz CT molecular complexity index is 6810. The second-order valence-electron chi connectivity index (χ2n) is 33.7. The van der Waals surface area contributed by atoms with Crippen LogP contribution in [0.3, 0.4) is 0 Å². The van der Waals surface area contributed by atoms with E-state index in [9.17, 15) is 48.5 Å². The first-order valence-electron chi connectivity index (χ1n) is 44.9. The number of aliphatic hydroxyl groups is 1. The number of hydrogen-bond acceptors (Lipinski definition) is 59. The number of nitrogens with zero attached hydrogens (tertiary/aromatic N) is 13. The first-order valence-corrected chi connectivity index (χ1v) is 57.0. The molecule has 8 aromatic heterocycles. The van der Waals surface area contributed by atoms with Crippen LogP contribution in [-0.2, 0) is 184 Å². The van der Waals surface area contributed by atoms with Gasteiger partial charge < -0.3 is 195 Å². The molecule has 14 heterocycles. The number of nitrogen functional groups attached to an aromatic ring is 4. The van der Waals surface area contributed by atoms with Crippen molar-refractivity contribution < 1.29 is 178 Å². The fraction of sp³-hybridized carbons (Fsp3) is 0.658. The Morgan fingerprint density at radius 1 is 0.400 bits per heavy atom. The number of phosphoric ester groups is 3. The summed E-state index contributed by atoms with van der Waals surface area (Å²) >= 11 is 16.0. The van der Waals surface area contributed by atoms with Gasteiger partial charge in [0, 0.05) is 96.1 Å². The lowest BCUT2D eigenvalue weighted by Crippen LogP contribution is -2.43. The number of H-pyrrole nitrogens is 3. The lowest BCUT2D eigenvalue weighted by molar-refractivity contribution is -0.241. The van der Waals surface area contributed by atoms with E-state index in [0.717, 1.165) is 55.0 Å². The number of phosphoric acid groups is 3. The third-order valence-corrected chi connectivity index (χ3v) is 31.3. The van der Waals surface area contributed by atoms with Gasteiger partial charge in [0.25, 0.3) is 40.1 Å². The lowest BCUT2D eigenvalue weighted by atomic mass is 10.1. The molecule has 8 aromatic rings. The van der Waals surface area contributed by atoms with Gasteiger partial charge in [-0.2, -0.15) is 15.0 Å². The van der Waals surface area contributed by atoms with Gasteiger partial charge in [-0.25, -0.2) is 39.1 Å². The van der Waals surface area contributed by atoms with E-state index >= 15 is 32.9 Å². The zero-order valence-electron chi connectivity index (χ0n) is 80.8. The average molecular weight is 2300 g/mol. The molecule has 12 N–H and O–H groups in total. The van der Waals surface area contributed by atoms with E-state index in [1.165, 1.54) is 86.5 Å². The standard InChI is InChI=1S/C76H112N20O45P6S3/c1-35-22-92(73(101)85-59(35)77)67-54(120-16-11-114-5)49(40(26-97)131-67)140-147(113,150)129-31-45-52(56(122-18-13-116-7)69(133-45)94-25-38(4)65(99)90-76(94)104)139-143(107,108)126-29-43-51(57(123-19-14-117-8)71(134-43)96-34-84-48-63(96)87-72(80)88-66(48)100)138-142(105,106)125-28-42-50(55(121-17-12-115-6)68(132-42)93-23-36(2)60(78)86-74(93)102)137-144(109,110)127-30-44-53(58(124-20-15-118-9)70(135-44)95-33-83-47-61(79)81-32-82-62(47)95)141-146(112,149)128-27-41-39(136-145(111,148)119-10)21-46(130-41)91-24-37(3)64(98)89-75(91)103/h22-25,32-34,39-46,49-58,67-71,97H,11-21,26-31H2,1-10H3,(H,105,106)(H,107,108)(H,109,110)(H,111,148)(H,112,149)(H,113,150)(H2,77,85,101)(H2,78,86,102)(H2,79,81,82)(H,89,98,103)(H,90,99,104)(H3,80,87,88,100)/p-6/t39-,40-,41-,42-,43-,44-,45-,46-,49+,50+,51+,52+,53+,54?,55?,56?,57?,58?,67-,68-,69-,70-,71-,145?,146?,147?/m1/s1. The minimum Gasteiger partial charge on any atom is -0.780 e. The van der Waals surface area contributed by atoms with Crippen LogP contribution in [0.2, 0.25) is 0 Å². The summed E-state index contributed by atoms with van der Waals surface area (Å²) in [6.07, 6.45) is -34.6. The number of rotatable bonds is 55. The van der Waals surface area contributed by atoms with Crippen LogP contribution in [0.4, 0.5) is 23.4 Å². The smallest absolute Gasteiger partial charge is 0.351 e. The van der Waals surface area contributed by atoms with Gasteiger partial charge in [0.1, 0.15) is 141 Å². The highest BCUT2D eigenvalue weighted by Gasteiger charge is 2.57. The molecule has 6 saturated heterocycles. The van der Waals surface area contributed by atoms with Crippen LogP contribution in [0, 0.1) is 27.7 Å². The normalized spacial score (nSPS) is 29.0. The van der Waals surface area contributed by atoms with E-state index in [-0.39, 0.29) is 104 Å². The average Bonchev–Trinajstić information content (AvgIpc) is 1.61. The summed E-state index contributed by atoms with van der Waals surface area (Å²) < 4.78 is 230. The number of imidazole rings is 2. The Labute approximate surface area is 861 Å². The Kier molecular flexibility index (Phi) is 39.9. The first kappa shape index (κ1) is 118.